The van der Waals surface area contributed by atoms with E-state index in [-0.39, 0.29) is 18.0 Å². The van der Waals surface area contributed by atoms with Crippen molar-refractivity contribution in [1.82, 2.24) is 15.5 Å². The van der Waals surface area contributed by atoms with Crippen molar-refractivity contribution < 1.29 is 9.59 Å². The Labute approximate surface area is 162 Å². The average molecular weight is 373 g/mol. The molecule has 27 heavy (non-hydrogen) atoms. The maximum absolute atomic E-state index is 12.3. The number of nitrogens with zero attached hydrogens (tertiary/aromatic N) is 2. The van der Waals surface area contributed by atoms with E-state index in [1.807, 2.05) is 31.2 Å². The quantitative estimate of drug-likeness (QED) is 0.755. The molecule has 1 aromatic rings. The van der Waals surface area contributed by atoms with Gasteiger partial charge in [-0.25, -0.2) is 4.79 Å². The highest BCUT2D eigenvalue weighted by atomic mass is 16.2. The number of amides is 3. The molecule has 0 aromatic heterocycles. The van der Waals surface area contributed by atoms with Crippen LogP contribution >= 0.6 is 0 Å². The highest BCUT2D eigenvalue weighted by molar-refractivity contribution is 5.96. The van der Waals surface area contributed by atoms with E-state index < -0.39 is 0 Å². The Bertz CT molecular complexity index is 624. The number of hydrogen-bond donors (Lipinski definition) is 2. The molecule has 2 aliphatic heterocycles. The van der Waals surface area contributed by atoms with Gasteiger partial charge < -0.3 is 20.4 Å². The van der Waals surface area contributed by atoms with Crippen molar-refractivity contribution in [1.29, 1.82) is 0 Å². The van der Waals surface area contributed by atoms with Crippen LogP contribution in [-0.2, 0) is 4.79 Å². The second-order valence-corrected chi connectivity index (χ2v) is 7.75. The van der Waals surface area contributed by atoms with Crippen molar-refractivity contribution in [2.75, 3.05) is 37.6 Å². The van der Waals surface area contributed by atoms with Crippen LogP contribution in [0.5, 0.6) is 0 Å². The van der Waals surface area contributed by atoms with Crippen molar-refractivity contribution in [3.05, 3.63) is 29.8 Å². The molecule has 2 saturated heterocycles. The minimum absolute atomic E-state index is 0.0605. The van der Waals surface area contributed by atoms with Crippen molar-refractivity contribution in [3.63, 3.8) is 0 Å². The standard InChI is InChI=1S/C21H32N4O2/c1-17-7-9-19(10-8-17)25-16-18(15-20(25)26)23-21(27)22-11-6-14-24-12-4-2-3-5-13-24/h7-10,18H,2-6,11-16H2,1H3,(H2,22,23,27)/t18-/m0/s1. The fourth-order valence-electron chi connectivity index (χ4n) is 3.88. The molecule has 0 radical (unpaired) electrons. The van der Waals surface area contributed by atoms with Crippen LogP contribution in [0.3, 0.4) is 0 Å². The SMILES string of the molecule is Cc1ccc(N2C[C@@H](NC(=O)NCCCN3CCCCCC3)CC2=O)cc1. The number of nitrogens with one attached hydrogen (secondary N) is 2. The van der Waals surface area contributed by atoms with Crippen LogP contribution in [0.25, 0.3) is 0 Å². The van der Waals surface area contributed by atoms with Crippen LogP contribution in [0.2, 0.25) is 0 Å². The van der Waals surface area contributed by atoms with Gasteiger partial charge in [0, 0.05) is 25.2 Å². The van der Waals surface area contributed by atoms with Gasteiger partial charge in [-0.1, -0.05) is 30.5 Å². The number of rotatable bonds is 6. The first-order valence-corrected chi connectivity index (χ1v) is 10.3. The van der Waals surface area contributed by atoms with Gasteiger partial charge in [0.2, 0.25) is 5.91 Å². The first kappa shape index (κ1) is 19.7. The van der Waals surface area contributed by atoms with E-state index in [1.165, 1.54) is 44.3 Å². The van der Waals surface area contributed by atoms with Crippen molar-refractivity contribution in [3.8, 4) is 0 Å². The van der Waals surface area contributed by atoms with Gasteiger partial charge in [0.15, 0.2) is 0 Å². The molecule has 2 aliphatic rings. The van der Waals surface area contributed by atoms with E-state index >= 15 is 0 Å². The number of carbonyl (C=O) groups is 2. The smallest absolute Gasteiger partial charge is 0.315 e. The monoisotopic (exact) mass is 372 g/mol. The maximum atomic E-state index is 12.3. The zero-order chi connectivity index (χ0) is 19.1. The summed E-state index contributed by atoms with van der Waals surface area (Å²) in [5.41, 5.74) is 2.06. The third kappa shape index (κ3) is 5.96. The average Bonchev–Trinajstić information content (AvgIpc) is 2.84. The first-order chi connectivity index (χ1) is 13.1. The Morgan fingerprint density at radius 2 is 1.81 bits per heavy atom. The van der Waals surface area contributed by atoms with E-state index in [0.29, 0.717) is 19.5 Å². The van der Waals surface area contributed by atoms with Crippen molar-refractivity contribution in [2.45, 2.75) is 51.5 Å². The molecule has 3 rings (SSSR count). The number of hydrogen-bond acceptors (Lipinski definition) is 3. The number of aryl methyl sites for hydroxylation is 1. The van der Waals surface area contributed by atoms with Gasteiger partial charge >= 0.3 is 6.03 Å². The van der Waals surface area contributed by atoms with Gasteiger partial charge in [-0.15, -0.1) is 0 Å². The summed E-state index contributed by atoms with van der Waals surface area (Å²) in [6, 6.07) is 7.61. The predicted octanol–water partition coefficient (Wildman–Crippen LogP) is 2.67. The highest BCUT2D eigenvalue weighted by Crippen LogP contribution is 2.21. The van der Waals surface area contributed by atoms with Crippen LogP contribution in [0.1, 0.15) is 44.1 Å². The Morgan fingerprint density at radius 3 is 2.52 bits per heavy atom. The molecule has 148 valence electrons. The third-order valence-corrected chi connectivity index (χ3v) is 5.44. The number of urea groups is 1. The zero-order valence-corrected chi connectivity index (χ0v) is 16.4. The van der Waals surface area contributed by atoms with Crippen molar-refractivity contribution in [2.24, 2.45) is 0 Å². The molecule has 2 N–H and O–H groups in total. The summed E-state index contributed by atoms with van der Waals surface area (Å²) in [5.74, 6) is 0.0605. The van der Waals surface area contributed by atoms with Crippen LogP contribution in [0.4, 0.5) is 10.5 Å². The van der Waals surface area contributed by atoms with Crippen LogP contribution in [0.15, 0.2) is 24.3 Å². The topological polar surface area (TPSA) is 64.7 Å². The number of likely N-dealkylation sites (tertiary alicyclic amines) is 1. The van der Waals surface area contributed by atoms with Gasteiger partial charge in [-0.2, -0.15) is 0 Å². The molecular formula is C21H32N4O2. The Kier molecular flexibility index (Phi) is 7.10. The normalized spacial score (nSPS) is 21.1. The Balaban J connectivity index is 1.35. The lowest BCUT2D eigenvalue weighted by Gasteiger charge is -2.20. The Morgan fingerprint density at radius 1 is 1.11 bits per heavy atom. The molecule has 1 atom stereocenters. The van der Waals surface area contributed by atoms with Crippen LogP contribution in [0, 0.1) is 6.92 Å². The lowest BCUT2D eigenvalue weighted by Crippen LogP contribution is -2.44. The molecule has 0 bridgehead atoms. The number of anilines is 1. The fraction of sp³-hybridized carbons (Fsp3) is 0.619. The minimum Gasteiger partial charge on any atom is -0.338 e. The first-order valence-electron chi connectivity index (χ1n) is 10.3. The molecule has 6 nitrogen and oxygen atoms in total. The highest BCUT2D eigenvalue weighted by Gasteiger charge is 2.31. The number of benzene rings is 1. The fourth-order valence-corrected chi connectivity index (χ4v) is 3.88. The van der Waals surface area contributed by atoms with Crippen LogP contribution in [-0.4, -0.2) is 55.6 Å². The third-order valence-electron chi connectivity index (χ3n) is 5.44. The molecule has 0 spiro atoms. The largest absolute Gasteiger partial charge is 0.338 e. The van der Waals surface area contributed by atoms with E-state index in [0.717, 1.165) is 18.7 Å². The summed E-state index contributed by atoms with van der Waals surface area (Å²) in [4.78, 5) is 28.7. The van der Waals surface area contributed by atoms with E-state index in [9.17, 15) is 9.59 Å². The Hall–Kier alpha value is -2.08. The van der Waals surface area contributed by atoms with Gasteiger partial charge in [0.25, 0.3) is 0 Å². The molecule has 3 amide bonds. The summed E-state index contributed by atoms with van der Waals surface area (Å²) in [6.45, 7) is 6.64. The molecule has 2 fully saturated rings. The molecule has 0 unspecified atom stereocenters. The lowest BCUT2D eigenvalue weighted by molar-refractivity contribution is -0.117. The number of carbonyl (C=O) groups excluding carboxylic acids is 2. The summed E-state index contributed by atoms with van der Waals surface area (Å²) in [5, 5.41) is 5.88. The molecule has 0 aliphatic carbocycles. The molecule has 2 heterocycles. The second-order valence-electron chi connectivity index (χ2n) is 7.75. The maximum Gasteiger partial charge on any atom is 0.315 e. The van der Waals surface area contributed by atoms with Crippen molar-refractivity contribution >= 4 is 17.6 Å². The summed E-state index contributed by atoms with van der Waals surface area (Å²) in [7, 11) is 0. The predicted molar refractivity (Wildman–Crippen MR) is 108 cm³/mol. The second kappa shape index (κ2) is 9.74. The van der Waals surface area contributed by atoms with E-state index in [4.69, 9.17) is 0 Å². The summed E-state index contributed by atoms with van der Waals surface area (Å²) < 4.78 is 0. The molecule has 1 aromatic carbocycles. The lowest BCUT2D eigenvalue weighted by atomic mass is 10.2. The molecular weight excluding hydrogens is 340 g/mol. The minimum atomic E-state index is -0.172. The van der Waals surface area contributed by atoms with Crippen LogP contribution < -0.4 is 15.5 Å². The summed E-state index contributed by atoms with van der Waals surface area (Å²) in [6.07, 6.45) is 6.59. The van der Waals surface area contributed by atoms with Gasteiger partial charge in [-0.3, -0.25) is 4.79 Å². The van der Waals surface area contributed by atoms with Gasteiger partial charge in [0.05, 0.1) is 6.04 Å². The van der Waals surface area contributed by atoms with Gasteiger partial charge in [0.1, 0.15) is 0 Å². The molecule has 0 saturated carbocycles. The van der Waals surface area contributed by atoms with E-state index in [2.05, 4.69) is 15.5 Å². The summed E-state index contributed by atoms with van der Waals surface area (Å²) >= 11 is 0. The zero-order valence-electron chi connectivity index (χ0n) is 16.4. The van der Waals surface area contributed by atoms with Gasteiger partial charge in [-0.05, 0) is 58.0 Å². The molecule has 6 heteroatoms. The van der Waals surface area contributed by atoms with E-state index in [1.54, 1.807) is 4.90 Å².